The third-order valence-corrected chi connectivity index (χ3v) is 2.56. The number of carbonyl (C=O) groups excluding carboxylic acids is 2. The quantitative estimate of drug-likeness (QED) is 0.642. The van der Waals surface area contributed by atoms with Crippen molar-refractivity contribution in [3.63, 3.8) is 0 Å². The number of hydrogen-bond donors (Lipinski definition) is 3. The molecule has 0 unspecified atom stereocenters. The Hall–Kier alpha value is -1.34. The number of likely N-dealkylation sites (N-methyl/N-ethyl adjacent to an activating group) is 1. The van der Waals surface area contributed by atoms with Crippen molar-refractivity contribution >= 4 is 12.0 Å². The summed E-state index contributed by atoms with van der Waals surface area (Å²) >= 11 is 0. The molecule has 1 heterocycles. The Bertz CT molecular complexity index is 327. The van der Waals surface area contributed by atoms with Gasteiger partial charge in [-0.05, 0) is 20.8 Å². The van der Waals surface area contributed by atoms with Crippen molar-refractivity contribution in [3.8, 4) is 0 Å². The molecule has 1 fully saturated rings. The predicted octanol–water partition coefficient (Wildman–Crippen LogP) is -0.393. The summed E-state index contributed by atoms with van der Waals surface area (Å²) in [5.41, 5.74) is 2.00. The van der Waals surface area contributed by atoms with Crippen LogP contribution < -0.4 is 10.7 Å². The third kappa shape index (κ3) is 4.15. The van der Waals surface area contributed by atoms with Crippen molar-refractivity contribution < 1.29 is 19.4 Å². The summed E-state index contributed by atoms with van der Waals surface area (Å²) < 4.78 is 5.11. The SMILES string of the molecule is CN1NC(=O)C[C@H]1[C@@H](CO)NC(=O)OC(C)(C)C. The summed E-state index contributed by atoms with van der Waals surface area (Å²) in [4.78, 5) is 22.8. The maximum Gasteiger partial charge on any atom is 0.408 e. The second kappa shape index (κ2) is 5.53. The van der Waals surface area contributed by atoms with Crippen LogP contribution in [0.15, 0.2) is 0 Å². The highest BCUT2D eigenvalue weighted by Gasteiger charge is 2.35. The van der Waals surface area contributed by atoms with Gasteiger partial charge >= 0.3 is 6.09 Å². The van der Waals surface area contributed by atoms with Crippen LogP contribution in [0.2, 0.25) is 0 Å². The fourth-order valence-corrected chi connectivity index (χ4v) is 1.79. The highest BCUT2D eigenvalue weighted by Crippen LogP contribution is 2.13. The zero-order valence-electron chi connectivity index (χ0n) is 11.2. The minimum atomic E-state index is -0.603. The van der Waals surface area contributed by atoms with Crippen LogP contribution in [0.3, 0.4) is 0 Å². The van der Waals surface area contributed by atoms with E-state index in [4.69, 9.17) is 4.74 Å². The summed E-state index contributed by atoms with van der Waals surface area (Å²) in [6.07, 6.45) is -0.369. The lowest BCUT2D eigenvalue weighted by molar-refractivity contribution is -0.120. The van der Waals surface area contributed by atoms with E-state index >= 15 is 0 Å². The summed E-state index contributed by atoms with van der Waals surface area (Å²) in [5.74, 6) is -0.132. The van der Waals surface area contributed by atoms with Crippen LogP contribution in [-0.2, 0) is 9.53 Å². The lowest BCUT2D eigenvalue weighted by atomic mass is 10.1. The van der Waals surface area contributed by atoms with E-state index in [9.17, 15) is 14.7 Å². The highest BCUT2D eigenvalue weighted by molar-refractivity contribution is 5.78. The molecule has 1 aliphatic heterocycles. The molecule has 2 amide bonds. The van der Waals surface area contributed by atoms with Crippen LogP contribution in [0.4, 0.5) is 4.79 Å². The third-order valence-electron chi connectivity index (χ3n) is 2.56. The maximum atomic E-state index is 11.6. The number of nitrogens with zero attached hydrogens (tertiary/aromatic N) is 1. The fourth-order valence-electron chi connectivity index (χ4n) is 1.79. The van der Waals surface area contributed by atoms with E-state index in [1.54, 1.807) is 32.8 Å². The van der Waals surface area contributed by atoms with Gasteiger partial charge in [0, 0.05) is 13.5 Å². The lowest BCUT2D eigenvalue weighted by Gasteiger charge is -2.28. The number of aliphatic hydroxyl groups is 1. The van der Waals surface area contributed by atoms with E-state index in [1.807, 2.05) is 0 Å². The molecule has 0 bridgehead atoms. The zero-order chi connectivity index (χ0) is 13.9. The largest absolute Gasteiger partial charge is 0.444 e. The minimum Gasteiger partial charge on any atom is -0.444 e. The van der Waals surface area contributed by atoms with Gasteiger partial charge in [-0.25, -0.2) is 9.80 Å². The van der Waals surface area contributed by atoms with Crippen LogP contribution in [0, 0.1) is 0 Å². The molecule has 2 atom stereocenters. The van der Waals surface area contributed by atoms with Gasteiger partial charge < -0.3 is 15.2 Å². The Morgan fingerprint density at radius 3 is 2.67 bits per heavy atom. The van der Waals surface area contributed by atoms with Gasteiger partial charge in [-0.1, -0.05) is 0 Å². The van der Waals surface area contributed by atoms with E-state index < -0.39 is 17.7 Å². The molecule has 0 aromatic heterocycles. The zero-order valence-corrected chi connectivity index (χ0v) is 11.2. The number of nitrogens with one attached hydrogen (secondary N) is 2. The number of aliphatic hydroxyl groups excluding tert-OH is 1. The van der Waals surface area contributed by atoms with Crippen LogP contribution in [0.5, 0.6) is 0 Å². The fraction of sp³-hybridized carbons (Fsp3) is 0.818. The Balaban J connectivity index is 2.57. The van der Waals surface area contributed by atoms with E-state index in [0.717, 1.165) is 0 Å². The number of hydrazine groups is 1. The molecule has 0 spiro atoms. The Labute approximate surface area is 106 Å². The van der Waals surface area contributed by atoms with Crippen LogP contribution in [0.1, 0.15) is 27.2 Å². The molecule has 3 N–H and O–H groups in total. The number of hydrogen-bond acceptors (Lipinski definition) is 5. The number of ether oxygens (including phenoxy) is 1. The predicted molar refractivity (Wildman–Crippen MR) is 64.6 cm³/mol. The van der Waals surface area contributed by atoms with Gasteiger partial charge in [0.25, 0.3) is 0 Å². The molecule has 0 aromatic carbocycles. The average Bonchev–Trinajstić information content (AvgIpc) is 2.51. The van der Waals surface area contributed by atoms with Gasteiger partial charge in [-0.2, -0.15) is 0 Å². The molecule has 0 aromatic rings. The smallest absolute Gasteiger partial charge is 0.408 e. The normalized spacial score (nSPS) is 22.5. The van der Waals surface area contributed by atoms with Crippen molar-refractivity contribution in [1.29, 1.82) is 0 Å². The lowest BCUT2D eigenvalue weighted by Crippen LogP contribution is -2.52. The maximum absolute atomic E-state index is 11.6. The molecule has 7 nitrogen and oxygen atoms in total. The van der Waals surface area contributed by atoms with Crippen molar-refractivity contribution in [1.82, 2.24) is 15.8 Å². The summed E-state index contributed by atoms with van der Waals surface area (Å²) in [5, 5.41) is 13.5. The van der Waals surface area contributed by atoms with Crippen LogP contribution in [0.25, 0.3) is 0 Å². The topological polar surface area (TPSA) is 90.9 Å². The van der Waals surface area contributed by atoms with Crippen LogP contribution in [-0.4, -0.2) is 53.5 Å². The molecular weight excluding hydrogens is 238 g/mol. The van der Waals surface area contributed by atoms with E-state index in [0.29, 0.717) is 0 Å². The Kier molecular flexibility index (Phi) is 4.53. The van der Waals surface area contributed by atoms with Crippen molar-refractivity contribution in [2.24, 2.45) is 0 Å². The van der Waals surface area contributed by atoms with E-state index in [2.05, 4.69) is 10.7 Å². The van der Waals surface area contributed by atoms with Crippen molar-refractivity contribution in [2.45, 2.75) is 44.9 Å². The van der Waals surface area contributed by atoms with Gasteiger partial charge in [0.1, 0.15) is 5.60 Å². The first-order valence-electron chi connectivity index (χ1n) is 5.85. The number of carbonyl (C=O) groups is 2. The minimum absolute atomic E-state index is 0.132. The molecule has 1 rings (SSSR count). The average molecular weight is 259 g/mol. The van der Waals surface area contributed by atoms with Crippen molar-refractivity contribution in [3.05, 3.63) is 0 Å². The van der Waals surface area contributed by atoms with Crippen molar-refractivity contribution in [2.75, 3.05) is 13.7 Å². The monoisotopic (exact) mass is 259 g/mol. The highest BCUT2D eigenvalue weighted by atomic mass is 16.6. The Morgan fingerprint density at radius 2 is 2.28 bits per heavy atom. The van der Waals surface area contributed by atoms with E-state index in [1.165, 1.54) is 0 Å². The van der Waals surface area contributed by atoms with Gasteiger partial charge in [0.15, 0.2) is 0 Å². The molecule has 0 aliphatic carbocycles. The Morgan fingerprint density at radius 1 is 1.67 bits per heavy atom. The molecule has 1 saturated heterocycles. The summed E-state index contributed by atoms with van der Waals surface area (Å²) in [6.45, 7) is 5.01. The second-order valence-corrected chi connectivity index (χ2v) is 5.35. The number of rotatable bonds is 3. The van der Waals surface area contributed by atoms with E-state index in [-0.39, 0.29) is 25.0 Å². The van der Waals surface area contributed by atoms with Crippen LogP contribution >= 0.6 is 0 Å². The number of alkyl carbamates (subject to hydrolysis) is 1. The molecule has 104 valence electrons. The summed E-state index contributed by atoms with van der Waals surface area (Å²) in [7, 11) is 1.69. The first-order chi connectivity index (χ1) is 8.23. The molecule has 0 radical (unpaired) electrons. The molecule has 18 heavy (non-hydrogen) atoms. The van der Waals surface area contributed by atoms with Gasteiger partial charge in [0.05, 0.1) is 18.7 Å². The summed E-state index contributed by atoms with van der Waals surface area (Å²) in [6, 6.07) is -0.834. The van der Waals surface area contributed by atoms with Gasteiger partial charge in [-0.15, -0.1) is 0 Å². The van der Waals surface area contributed by atoms with Gasteiger partial charge in [-0.3, -0.25) is 10.2 Å². The number of amides is 2. The standard InChI is InChI=1S/C11H21N3O4/c1-11(2,3)18-10(17)12-7(6-15)8-5-9(16)13-14(8)4/h7-8,15H,5-6H2,1-4H3,(H,12,17)(H,13,16)/t7-,8+/m1/s1. The molecule has 1 aliphatic rings. The second-order valence-electron chi connectivity index (χ2n) is 5.35. The molecule has 7 heteroatoms. The first-order valence-corrected chi connectivity index (χ1v) is 5.85. The molecule has 0 saturated carbocycles. The molecular formula is C11H21N3O4. The van der Waals surface area contributed by atoms with Gasteiger partial charge in [0.2, 0.25) is 5.91 Å². The first kappa shape index (κ1) is 14.7.